The van der Waals surface area contributed by atoms with Crippen LogP contribution in [0, 0.1) is 6.92 Å². The molecule has 0 fully saturated rings. The van der Waals surface area contributed by atoms with E-state index >= 15 is 0 Å². The van der Waals surface area contributed by atoms with Crippen molar-refractivity contribution < 1.29 is 4.74 Å². The molecule has 0 aliphatic heterocycles. The van der Waals surface area contributed by atoms with Gasteiger partial charge in [0.2, 0.25) is 0 Å². The van der Waals surface area contributed by atoms with Gasteiger partial charge in [0.25, 0.3) is 0 Å². The van der Waals surface area contributed by atoms with E-state index in [1.165, 1.54) is 5.56 Å². The fraction of sp³-hybridized carbons (Fsp3) is 0.375. The van der Waals surface area contributed by atoms with Gasteiger partial charge >= 0.3 is 0 Å². The highest BCUT2D eigenvalue weighted by molar-refractivity contribution is 5.62. The number of hydrogen-bond acceptors (Lipinski definition) is 5. The lowest BCUT2D eigenvalue weighted by Crippen LogP contribution is -2.14. The molecule has 0 aliphatic rings. The van der Waals surface area contributed by atoms with Crippen molar-refractivity contribution in [3.8, 4) is 0 Å². The molecule has 5 nitrogen and oxygen atoms in total. The molecule has 1 heterocycles. The maximum absolute atomic E-state index is 5.15. The molecule has 21 heavy (non-hydrogen) atoms. The average molecular weight is 286 g/mol. The Morgan fingerprint density at radius 1 is 1.19 bits per heavy atom. The Balaban J connectivity index is 2.34. The second-order valence-corrected chi connectivity index (χ2v) is 4.89. The minimum Gasteiger partial charge on any atom is -0.377 e. The fourth-order valence-electron chi connectivity index (χ4n) is 2.02. The molecule has 1 N–H and O–H groups in total. The van der Waals surface area contributed by atoms with Crippen molar-refractivity contribution in [1.82, 2.24) is 9.97 Å². The first-order chi connectivity index (χ1) is 10.1. The van der Waals surface area contributed by atoms with E-state index in [-0.39, 0.29) is 0 Å². The van der Waals surface area contributed by atoms with E-state index in [0.29, 0.717) is 12.4 Å². The summed E-state index contributed by atoms with van der Waals surface area (Å²) < 4.78 is 5.15. The van der Waals surface area contributed by atoms with Crippen molar-refractivity contribution in [3.05, 3.63) is 41.7 Å². The summed E-state index contributed by atoms with van der Waals surface area (Å²) in [6.45, 7) is 5.33. The first-order valence-corrected chi connectivity index (χ1v) is 7.05. The average Bonchev–Trinajstić information content (AvgIpc) is 2.48. The number of rotatable bonds is 6. The van der Waals surface area contributed by atoms with Crippen LogP contribution >= 0.6 is 0 Å². The van der Waals surface area contributed by atoms with Crippen LogP contribution < -0.4 is 10.2 Å². The molecule has 5 heteroatoms. The highest BCUT2D eigenvalue weighted by Gasteiger charge is 2.10. The first-order valence-electron chi connectivity index (χ1n) is 7.05. The quantitative estimate of drug-likeness (QED) is 0.884. The van der Waals surface area contributed by atoms with Gasteiger partial charge in [-0.2, -0.15) is 0 Å². The van der Waals surface area contributed by atoms with Gasteiger partial charge in [-0.25, -0.2) is 9.97 Å². The molecule has 0 saturated heterocycles. The van der Waals surface area contributed by atoms with Crippen molar-refractivity contribution in [2.24, 2.45) is 0 Å². The predicted molar refractivity (Wildman–Crippen MR) is 86.2 cm³/mol. The van der Waals surface area contributed by atoms with Gasteiger partial charge in [-0.3, -0.25) is 0 Å². The van der Waals surface area contributed by atoms with Gasteiger partial charge in [-0.15, -0.1) is 0 Å². The van der Waals surface area contributed by atoms with Crippen LogP contribution in [0.4, 0.5) is 17.3 Å². The summed E-state index contributed by atoms with van der Waals surface area (Å²) in [4.78, 5) is 11.0. The molecule has 0 unspecified atom stereocenters. The van der Waals surface area contributed by atoms with Crippen molar-refractivity contribution in [2.45, 2.75) is 20.5 Å². The van der Waals surface area contributed by atoms with E-state index in [4.69, 9.17) is 4.74 Å². The fourth-order valence-corrected chi connectivity index (χ4v) is 2.02. The Morgan fingerprint density at radius 2 is 1.90 bits per heavy atom. The SMILES string of the molecule is CCNc1cc(N(C)c2ccc(C)cc2)nc(COC)n1. The van der Waals surface area contributed by atoms with Crippen LogP contribution in [0.15, 0.2) is 30.3 Å². The van der Waals surface area contributed by atoms with Crippen molar-refractivity contribution >= 4 is 17.3 Å². The topological polar surface area (TPSA) is 50.3 Å². The van der Waals surface area contributed by atoms with Crippen LogP contribution in [0.2, 0.25) is 0 Å². The molecule has 0 spiro atoms. The van der Waals surface area contributed by atoms with Gasteiger partial charge in [0.15, 0.2) is 5.82 Å². The summed E-state index contributed by atoms with van der Waals surface area (Å²) in [5.74, 6) is 2.33. The van der Waals surface area contributed by atoms with E-state index in [1.807, 2.05) is 24.9 Å². The molecule has 0 saturated carbocycles. The van der Waals surface area contributed by atoms with Crippen LogP contribution in [0.5, 0.6) is 0 Å². The van der Waals surface area contributed by atoms with Crippen molar-refractivity contribution in [1.29, 1.82) is 0 Å². The highest BCUT2D eigenvalue weighted by Crippen LogP contribution is 2.24. The van der Waals surface area contributed by atoms with Crippen LogP contribution in [0.3, 0.4) is 0 Å². The number of nitrogens with one attached hydrogen (secondary N) is 1. The maximum Gasteiger partial charge on any atom is 0.158 e. The molecule has 0 atom stereocenters. The summed E-state index contributed by atoms with van der Waals surface area (Å²) >= 11 is 0. The number of nitrogens with zero attached hydrogens (tertiary/aromatic N) is 3. The number of hydrogen-bond donors (Lipinski definition) is 1. The molecular weight excluding hydrogens is 264 g/mol. The predicted octanol–water partition coefficient (Wildman–Crippen LogP) is 3.13. The van der Waals surface area contributed by atoms with E-state index in [2.05, 4.69) is 46.5 Å². The number of aromatic nitrogens is 2. The molecular formula is C16H22N4O. The van der Waals surface area contributed by atoms with E-state index in [0.717, 1.165) is 23.9 Å². The third-order valence-electron chi connectivity index (χ3n) is 3.16. The Kier molecular flexibility index (Phi) is 5.11. The van der Waals surface area contributed by atoms with Crippen molar-refractivity contribution in [2.75, 3.05) is 30.9 Å². The lowest BCUT2D eigenvalue weighted by atomic mass is 10.2. The molecule has 0 bridgehead atoms. The van der Waals surface area contributed by atoms with Crippen LogP contribution in [0.1, 0.15) is 18.3 Å². The van der Waals surface area contributed by atoms with Gasteiger partial charge in [0.05, 0.1) is 0 Å². The van der Waals surface area contributed by atoms with Crippen LogP contribution in [0.25, 0.3) is 0 Å². The Morgan fingerprint density at radius 3 is 2.52 bits per heavy atom. The standard InChI is InChI=1S/C16H22N4O/c1-5-17-14-10-16(19-15(18-14)11-21-4)20(3)13-8-6-12(2)7-9-13/h6-10H,5,11H2,1-4H3,(H,17,18,19). The summed E-state index contributed by atoms with van der Waals surface area (Å²) in [7, 11) is 3.64. The molecule has 0 radical (unpaired) electrons. The van der Waals surface area contributed by atoms with Crippen LogP contribution in [-0.2, 0) is 11.3 Å². The van der Waals surface area contributed by atoms with Gasteiger partial charge in [0.1, 0.15) is 18.2 Å². The smallest absolute Gasteiger partial charge is 0.158 e. The highest BCUT2D eigenvalue weighted by atomic mass is 16.5. The maximum atomic E-state index is 5.15. The number of aryl methyl sites for hydroxylation is 1. The van der Waals surface area contributed by atoms with E-state index < -0.39 is 0 Å². The third kappa shape index (κ3) is 3.92. The lowest BCUT2D eigenvalue weighted by Gasteiger charge is -2.20. The molecule has 2 aromatic rings. The second-order valence-electron chi connectivity index (χ2n) is 4.89. The molecule has 1 aromatic heterocycles. The molecule has 112 valence electrons. The van der Waals surface area contributed by atoms with Gasteiger partial charge < -0.3 is 15.0 Å². The normalized spacial score (nSPS) is 10.5. The summed E-state index contributed by atoms with van der Waals surface area (Å²) in [5, 5.41) is 3.23. The van der Waals surface area contributed by atoms with E-state index in [9.17, 15) is 0 Å². The van der Waals surface area contributed by atoms with Crippen LogP contribution in [-0.4, -0.2) is 30.7 Å². The molecule has 0 aliphatic carbocycles. The third-order valence-corrected chi connectivity index (χ3v) is 3.16. The molecule has 2 rings (SSSR count). The first kappa shape index (κ1) is 15.3. The van der Waals surface area contributed by atoms with Gasteiger partial charge in [-0.1, -0.05) is 17.7 Å². The number of anilines is 3. The Hall–Kier alpha value is -2.14. The minimum absolute atomic E-state index is 0.397. The zero-order valence-corrected chi connectivity index (χ0v) is 13.1. The zero-order valence-electron chi connectivity index (χ0n) is 13.1. The second kappa shape index (κ2) is 7.04. The Labute approximate surface area is 126 Å². The van der Waals surface area contributed by atoms with Gasteiger partial charge in [-0.05, 0) is 26.0 Å². The number of ether oxygens (including phenoxy) is 1. The lowest BCUT2D eigenvalue weighted by molar-refractivity contribution is 0.178. The molecule has 1 aromatic carbocycles. The van der Waals surface area contributed by atoms with Gasteiger partial charge in [0, 0.05) is 32.5 Å². The summed E-state index contributed by atoms with van der Waals surface area (Å²) in [6, 6.07) is 10.3. The summed E-state index contributed by atoms with van der Waals surface area (Å²) in [6.07, 6.45) is 0. The monoisotopic (exact) mass is 286 g/mol. The number of methoxy groups -OCH3 is 1. The van der Waals surface area contributed by atoms with Crippen molar-refractivity contribution in [3.63, 3.8) is 0 Å². The Bertz CT molecular complexity index is 559. The van der Waals surface area contributed by atoms with E-state index in [1.54, 1.807) is 7.11 Å². The number of benzene rings is 1. The largest absolute Gasteiger partial charge is 0.377 e. The summed E-state index contributed by atoms with van der Waals surface area (Å²) in [5.41, 5.74) is 2.33. The molecule has 0 amide bonds. The minimum atomic E-state index is 0.397. The zero-order chi connectivity index (χ0) is 15.2.